The van der Waals surface area contributed by atoms with Crippen molar-refractivity contribution in [3.8, 4) is 5.75 Å². The van der Waals surface area contributed by atoms with Gasteiger partial charge in [-0.25, -0.2) is 4.68 Å². The minimum Gasteiger partial charge on any atom is -0.491 e. The zero-order valence-electron chi connectivity index (χ0n) is 12.2. The van der Waals surface area contributed by atoms with Gasteiger partial charge in [-0.2, -0.15) is 5.10 Å². The number of ether oxygens (including phenoxy) is 1. The third-order valence-electron chi connectivity index (χ3n) is 3.38. The van der Waals surface area contributed by atoms with Gasteiger partial charge in [0.2, 0.25) is 0 Å². The fourth-order valence-corrected chi connectivity index (χ4v) is 2.64. The summed E-state index contributed by atoms with van der Waals surface area (Å²) in [6.07, 6.45) is 0.791. The standard InChI is InChI=1S/C17H15BrN2O3/c18-13-5-3-6-15(8-13)23-11-14(21)10-20-17(22)16-7-2-1-4-12(16)9-19-20/h1-9,14,21H,10-11H2. The van der Waals surface area contributed by atoms with E-state index >= 15 is 0 Å². The van der Waals surface area contributed by atoms with Crippen LogP contribution in [-0.4, -0.2) is 27.6 Å². The molecule has 2 aromatic carbocycles. The number of aromatic nitrogens is 2. The van der Waals surface area contributed by atoms with E-state index in [0.717, 1.165) is 9.86 Å². The molecule has 0 radical (unpaired) electrons. The highest BCUT2D eigenvalue weighted by molar-refractivity contribution is 9.10. The van der Waals surface area contributed by atoms with Crippen molar-refractivity contribution < 1.29 is 9.84 Å². The van der Waals surface area contributed by atoms with Crippen LogP contribution in [0.5, 0.6) is 5.75 Å². The van der Waals surface area contributed by atoms with Gasteiger partial charge in [0.1, 0.15) is 18.5 Å². The van der Waals surface area contributed by atoms with Gasteiger partial charge in [-0.1, -0.05) is 40.2 Å². The summed E-state index contributed by atoms with van der Waals surface area (Å²) in [4.78, 5) is 12.3. The van der Waals surface area contributed by atoms with Gasteiger partial charge in [0.15, 0.2) is 0 Å². The van der Waals surface area contributed by atoms with E-state index in [1.165, 1.54) is 4.68 Å². The van der Waals surface area contributed by atoms with Gasteiger partial charge in [0.25, 0.3) is 5.56 Å². The third kappa shape index (κ3) is 3.78. The number of halogens is 1. The van der Waals surface area contributed by atoms with Crippen LogP contribution in [0.1, 0.15) is 0 Å². The molecule has 23 heavy (non-hydrogen) atoms. The summed E-state index contributed by atoms with van der Waals surface area (Å²) in [5, 5.41) is 15.6. The molecule has 0 bridgehead atoms. The Morgan fingerprint density at radius 1 is 1.22 bits per heavy atom. The van der Waals surface area contributed by atoms with E-state index in [1.807, 2.05) is 30.3 Å². The van der Waals surface area contributed by atoms with Crippen LogP contribution < -0.4 is 10.3 Å². The molecule has 0 spiro atoms. The van der Waals surface area contributed by atoms with E-state index in [9.17, 15) is 9.90 Å². The molecule has 3 aromatic rings. The van der Waals surface area contributed by atoms with Crippen molar-refractivity contribution in [3.05, 3.63) is 69.6 Å². The Balaban J connectivity index is 1.69. The Morgan fingerprint density at radius 3 is 2.87 bits per heavy atom. The van der Waals surface area contributed by atoms with Crippen LogP contribution in [0.4, 0.5) is 0 Å². The number of nitrogens with zero attached hydrogens (tertiary/aromatic N) is 2. The summed E-state index contributed by atoms with van der Waals surface area (Å²) >= 11 is 3.36. The topological polar surface area (TPSA) is 64.4 Å². The first-order chi connectivity index (χ1) is 11.1. The molecule has 3 rings (SSSR count). The lowest BCUT2D eigenvalue weighted by Crippen LogP contribution is -2.31. The number of hydrogen-bond donors (Lipinski definition) is 1. The molecule has 0 saturated carbocycles. The van der Waals surface area contributed by atoms with Crippen LogP contribution in [0, 0.1) is 0 Å². The smallest absolute Gasteiger partial charge is 0.274 e. The third-order valence-corrected chi connectivity index (χ3v) is 3.88. The van der Waals surface area contributed by atoms with Crippen molar-refractivity contribution in [3.63, 3.8) is 0 Å². The summed E-state index contributed by atoms with van der Waals surface area (Å²) in [7, 11) is 0. The van der Waals surface area contributed by atoms with Crippen LogP contribution in [0.3, 0.4) is 0 Å². The first-order valence-corrected chi connectivity index (χ1v) is 7.94. The summed E-state index contributed by atoms with van der Waals surface area (Å²) in [5.74, 6) is 0.650. The second-order valence-electron chi connectivity index (χ2n) is 5.14. The van der Waals surface area contributed by atoms with Crippen molar-refractivity contribution in [1.82, 2.24) is 9.78 Å². The normalized spacial score (nSPS) is 12.3. The van der Waals surface area contributed by atoms with Crippen molar-refractivity contribution >= 4 is 26.7 Å². The maximum atomic E-state index is 12.3. The molecule has 0 fully saturated rings. The second kappa shape index (κ2) is 6.93. The van der Waals surface area contributed by atoms with Gasteiger partial charge in [-0.15, -0.1) is 0 Å². The van der Waals surface area contributed by atoms with Gasteiger partial charge in [-0.3, -0.25) is 4.79 Å². The Hall–Kier alpha value is -2.18. The average molecular weight is 375 g/mol. The predicted molar refractivity (Wildman–Crippen MR) is 91.6 cm³/mol. The van der Waals surface area contributed by atoms with Gasteiger partial charge in [0, 0.05) is 9.86 Å². The van der Waals surface area contributed by atoms with E-state index in [2.05, 4.69) is 21.0 Å². The van der Waals surface area contributed by atoms with Gasteiger partial charge in [-0.05, 0) is 24.3 Å². The average Bonchev–Trinajstić information content (AvgIpc) is 2.56. The van der Waals surface area contributed by atoms with Crippen molar-refractivity contribution in [2.24, 2.45) is 0 Å². The Bertz CT molecular complexity index is 879. The molecule has 1 N–H and O–H groups in total. The van der Waals surface area contributed by atoms with Crippen molar-refractivity contribution in [2.75, 3.05) is 6.61 Å². The minimum atomic E-state index is -0.833. The molecular weight excluding hydrogens is 360 g/mol. The molecular formula is C17H15BrN2O3. The highest BCUT2D eigenvalue weighted by Crippen LogP contribution is 2.17. The Kier molecular flexibility index (Phi) is 4.73. The van der Waals surface area contributed by atoms with Crippen LogP contribution >= 0.6 is 15.9 Å². The fourth-order valence-electron chi connectivity index (χ4n) is 2.26. The van der Waals surface area contributed by atoms with Crippen molar-refractivity contribution in [1.29, 1.82) is 0 Å². The number of benzene rings is 2. The quantitative estimate of drug-likeness (QED) is 0.745. The zero-order valence-corrected chi connectivity index (χ0v) is 13.8. The molecule has 118 valence electrons. The van der Waals surface area contributed by atoms with E-state index in [1.54, 1.807) is 24.4 Å². The zero-order chi connectivity index (χ0) is 16.2. The first kappa shape index (κ1) is 15.7. The lowest BCUT2D eigenvalue weighted by molar-refractivity contribution is 0.0881. The molecule has 0 saturated heterocycles. The van der Waals surface area contributed by atoms with E-state index in [0.29, 0.717) is 11.1 Å². The Labute approximate surface area is 141 Å². The molecule has 5 nitrogen and oxygen atoms in total. The molecule has 1 unspecified atom stereocenters. The van der Waals surface area contributed by atoms with Crippen LogP contribution in [-0.2, 0) is 6.54 Å². The summed E-state index contributed by atoms with van der Waals surface area (Å²) in [5.41, 5.74) is -0.218. The second-order valence-corrected chi connectivity index (χ2v) is 6.06. The van der Waals surface area contributed by atoms with Gasteiger partial charge in [0.05, 0.1) is 18.1 Å². The highest BCUT2D eigenvalue weighted by atomic mass is 79.9. The minimum absolute atomic E-state index is 0.0808. The van der Waals surface area contributed by atoms with Crippen LogP contribution in [0.25, 0.3) is 10.8 Å². The SMILES string of the molecule is O=c1c2ccccc2cnn1CC(O)COc1cccc(Br)c1. The Morgan fingerprint density at radius 2 is 2.04 bits per heavy atom. The number of fused-ring (bicyclic) bond motifs is 1. The summed E-state index contributed by atoms with van der Waals surface area (Å²) in [6, 6.07) is 14.6. The summed E-state index contributed by atoms with van der Waals surface area (Å²) < 4.78 is 7.69. The molecule has 1 atom stereocenters. The molecule has 0 aliphatic carbocycles. The lowest BCUT2D eigenvalue weighted by atomic mass is 10.2. The van der Waals surface area contributed by atoms with E-state index < -0.39 is 6.10 Å². The maximum absolute atomic E-state index is 12.3. The highest BCUT2D eigenvalue weighted by Gasteiger charge is 2.10. The monoisotopic (exact) mass is 374 g/mol. The maximum Gasteiger partial charge on any atom is 0.274 e. The number of rotatable bonds is 5. The molecule has 0 amide bonds. The number of aliphatic hydroxyl groups excluding tert-OH is 1. The fraction of sp³-hybridized carbons (Fsp3) is 0.176. The predicted octanol–water partition coefficient (Wildman–Crippen LogP) is 2.60. The molecule has 0 aliphatic rings. The number of hydrogen-bond acceptors (Lipinski definition) is 4. The number of aliphatic hydroxyl groups is 1. The van der Waals surface area contributed by atoms with Gasteiger partial charge >= 0.3 is 0 Å². The van der Waals surface area contributed by atoms with Crippen LogP contribution in [0.15, 0.2) is 64.0 Å². The van der Waals surface area contributed by atoms with Gasteiger partial charge < -0.3 is 9.84 Å². The van der Waals surface area contributed by atoms with Crippen LogP contribution in [0.2, 0.25) is 0 Å². The molecule has 6 heteroatoms. The van der Waals surface area contributed by atoms with Crippen molar-refractivity contribution in [2.45, 2.75) is 12.6 Å². The summed E-state index contributed by atoms with van der Waals surface area (Å²) in [6.45, 7) is 0.162. The van der Waals surface area contributed by atoms with E-state index in [-0.39, 0.29) is 18.7 Å². The van der Waals surface area contributed by atoms with E-state index in [4.69, 9.17) is 4.74 Å². The first-order valence-electron chi connectivity index (χ1n) is 7.15. The molecule has 1 aromatic heterocycles. The molecule has 0 aliphatic heterocycles. The largest absolute Gasteiger partial charge is 0.491 e. The lowest BCUT2D eigenvalue weighted by Gasteiger charge is -2.13. The molecule has 1 heterocycles.